The third kappa shape index (κ3) is 5.33. The Morgan fingerprint density at radius 2 is 2.18 bits per heavy atom. The molecule has 1 amide bonds. The maximum absolute atomic E-state index is 14.1. The number of amides is 1. The number of benzene rings is 1. The highest BCUT2D eigenvalue weighted by molar-refractivity contribution is 7.99. The van der Waals surface area contributed by atoms with Gasteiger partial charge in [-0.1, -0.05) is 6.07 Å². The molecule has 7 nitrogen and oxygen atoms in total. The van der Waals surface area contributed by atoms with Gasteiger partial charge in [0.15, 0.2) is 0 Å². The monoisotopic (exact) mass is 485 g/mol. The van der Waals surface area contributed by atoms with Gasteiger partial charge in [0, 0.05) is 29.4 Å². The Hall–Kier alpha value is -2.98. The van der Waals surface area contributed by atoms with Gasteiger partial charge in [0.05, 0.1) is 29.3 Å². The molecule has 10 heteroatoms. The molecule has 4 aromatic rings. The summed E-state index contributed by atoms with van der Waals surface area (Å²) in [4.78, 5) is 38.1. The number of nitrogens with one attached hydrogen (secondary N) is 2. The Morgan fingerprint density at radius 1 is 1.36 bits per heavy atom. The average Bonchev–Trinajstić information content (AvgIpc) is 3.40. The molecule has 0 aliphatic rings. The van der Waals surface area contributed by atoms with E-state index in [0.29, 0.717) is 35.6 Å². The molecule has 0 aliphatic heterocycles. The summed E-state index contributed by atoms with van der Waals surface area (Å²) in [7, 11) is 0. The van der Waals surface area contributed by atoms with Crippen molar-refractivity contribution in [2.24, 2.45) is 0 Å². The molecule has 0 fully saturated rings. The highest BCUT2D eigenvalue weighted by Gasteiger charge is 2.16. The van der Waals surface area contributed by atoms with E-state index in [-0.39, 0.29) is 22.5 Å². The van der Waals surface area contributed by atoms with Crippen LogP contribution in [0.25, 0.3) is 10.2 Å². The largest absolute Gasteiger partial charge is 0.351 e. The van der Waals surface area contributed by atoms with E-state index in [2.05, 4.69) is 20.3 Å². The van der Waals surface area contributed by atoms with E-state index in [9.17, 15) is 14.0 Å². The molecule has 0 bridgehead atoms. The van der Waals surface area contributed by atoms with Gasteiger partial charge in [-0.3, -0.25) is 9.59 Å². The van der Waals surface area contributed by atoms with Crippen molar-refractivity contribution in [2.45, 2.75) is 44.9 Å². The number of hydrogen-bond donors (Lipinski definition) is 2. The number of H-pyrrole nitrogens is 1. The molecule has 1 aromatic carbocycles. The number of aromatic amines is 1. The number of imidazole rings is 1. The molecule has 0 saturated carbocycles. The highest BCUT2D eigenvalue weighted by atomic mass is 32.2. The molecule has 3 heterocycles. The van der Waals surface area contributed by atoms with Crippen LogP contribution in [0, 0.1) is 19.7 Å². The van der Waals surface area contributed by atoms with Gasteiger partial charge in [-0.15, -0.1) is 23.1 Å². The standard InChI is InChI=1S/C23H24FN5O2S2/c1-13-14(2)33-23-20(13)22(31)27-19(28-23)11-32-15(3)21(30)26-9-16-4-5-18(24)17(8-16)10-29-7-6-25-12-29/h4-8,12,15H,9-11H2,1-3H3,(H,26,30)(H,27,28,31). The van der Waals surface area contributed by atoms with Gasteiger partial charge in [0.1, 0.15) is 16.5 Å². The number of aromatic nitrogens is 4. The predicted octanol–water partition coefficient (Wildman–Crippen LogP) is 3.92. The van der Waals surface area contributed by atoms with Crippen LogP contribution in [-0.4, -0.2) is 30.7 Å². The lowest BCUT2D eigenvalue weighted by molar-refractivity contribution is -0.120. The van der Waals surface area contributed by atoms with E-state index in [0.717, 1.165) is 20.8 Å². The van der Waals surface area contributed by atoms with Crippen molar-refractivity contribution in [1.82, 2.24) is 24.8 Å². The van der Waals surface area contributed by atoms with Gasteiger partial charge in [-0.25, -0.2) is 14.4 Å². The summed E-state index contributed by atoms with van der Waals surface area (Å²) in [6.07, 6.45) is 5.05. The van der Waals surface area contributed by atoms with E-state index in [1.165, 1.54) is 29.2 Å². The average molecular weight is 486 g/mol. The first kappa shape index (κ1) is 23.2. The van der Waals surface area contributed by atoms with Gasteiger partial charge in [-0.2, -0.15) is 0 Å². The van der Waals surface area contributed by atoms with Gasteiger partial charge in [0.25, 0.3) is 5.56 Å². The summed E-state index contributed by atoms with van der Waals surface area (Å²) in [6, 6.07) is 4.83. The normalized spacial score (nSPS) is 12.2. The Bertz CT molecular complexity index is 1350. The van der Waals surface area contributed by atoms with Crippen LogP contribution in [0.2, 0.25) is 0 Å². The molecule has 3 aromatic heterocycles. The zero-order valence-electron chi connectivity index (χ0n) is 18.5. The number of nitrogens with zero attached hydrogens (tertiary/aromatic N) is 3. The first-order valence-electron chi connectivity index (χ1n) is 10.4. The minimum absolute atomic E-state index is 0.133. The van der Waals surface area contributed by atoms with Gasteiger partial charge in [0.2, 0.25) is 5.91 Å². The van der Waals surface area contributed by atoms with Crippen LogP contribution in [0.15, 0.2) is 41.7 Å². The van der Waals surface area contributed by atoms with Gasteiger partial charge >= 0.3 is 0 Å². The second kappa shape index (κ2) is 9.88. The predicted molar refractivity (Wildman–Crippen MR) is 130 cm³/mol. The number of carbonyl (C=O) groups is 1. The lowest BCUT2D eigenvalue weighted by atomic mass is 10.1. The summed E-state index contributed by atoms with van der Waals surface area (Å²) in [5.74, 6) is 0.548. The van der Waals surface area contributed by atoms with Crippen LogP contribution in [0.1, 0.15) is 34.3 Å². The van der Waals surface area contributed by atoms with Crippen molar-refractivity contribution in [3.8, 4) is 0 Å². The van der Waals surface area contributed by atoms with Crippen LogP contribution >= 0.6 is 23.1 Å². The summed E-state index contributed by atoms with van der Waals surface area (Å²) in [5.41, 5.74) is 2.17. The van der Waals surface area contributed by atoms with E-state index in [4.69, 9.17) is 0 Å². The highest BCUT2D eigenvalue weighted by Crippen LogP contribution is 2.26. The molecule has 1 atom stereocenters. The summed E-state index contributed by atoms with van der Waals surface area (Å²) >= 11 is 2.90. The molecule has 0 spiro atoms. The van der Waals surface area contributed by atoms with Crippen molar-refractivity contribution < 1.29 is 9.18 Å². The number of halogens is 1. The maximum atomic E-state index is 14.1. The van der Waals surface area contributed by atoms with Crippen LogP contribution in [-0.2, 0) is 23.6 Å². The Labute approximate surface area is 198 Å². The summed E-state index contributed by atoms with van der Waals surface area (Å²) in [5, 5.41) is 3.20. The first-order valence-corrected chi connectivity index (χ1v) is 12.3. The molecule has 0 saturated heterocycles. The minimum atomic E-state index is -0.344. The quantitative estimate of drug-likeness (QED) is 0.395. The van der Waals surface area contributed by atoms with Crippen molar-refractivity contribution in [3.05, 3.63) is 80.5 Å². The van der Waals surface area contributed by atoms with Crippen LogP contribution in [0.4, 0.5) is 4.39 Å². The number of carbonyl (C=O) groups excluding carboxylic acids is 1. The molecule has 0 aliphatic carbocycles. The number of thioether (sulfide) groups is 1. The topological polar surface area (TPSA) is 92.7 Å². The number of thiophene rings is 1. The fraction of sp³-hybridized carbons (Fsp3) is 0.304. The second-order valence-electron chi connectivity index (χ2n) is 7.81. The van der Waals surface area contributed by atoms with Crippen molar-refractivity contribution in [3.63, 3.8) is 0 Å². The molecule has 33 heavy (non-hydrogen) atoms. The summed E-state index contributed by atoms with van der Waals surface area (Å²) in [6.45, 7) is 6.39. The number of rotatable bonds is 8. The van der Waals surface area contributed by atoms with E-state index in [1.54, 1.807) is 35.4 Å². The van der Waals surface area contributed by atoms with Crippen LogP contribution in [0.5, 0.6) is 0 Å². The molecule has 2 N–H and O–H groups in total. The molecular weight excluding hydrogens is 461 g/mol. The third-order valence-corrected chi connectivity index (χ3v) is 7.67. The zero-order valence-corrected chi connectivity index (χ0v) is 20.1. The van der Waals surface area contributed by atoms with E-state index >= 15 is 0 Å². The Balaban J connectivity index is 1.34. The van der Waals surface area contributed by atoms with Crippen molar-refractivity contribution in [1.29, 1.82) is 0 Å². The number of hydrogen-bond acceptors (Lipinski definition) is 6. The van der Waals surface area contributed by atoms with Crippen LogP contribution < -0.4 is 10.9 Å². The van der Waals surface area contributed by atoms with Crippen LogP contribution in [0.3, 0.4) is 0 Å². The molecular formula is C23H24FN5O2S2. The van der Waals surface area contributed by atoms with E-state index < -0.39 is 0 Å². The SMILES string of the molecule is Cc1sc2nc(CSC(C)C(=O)NCc3ccc(F)c(Cn4ccnc4)c3)[nH]c(=O)c2c1C. The first-order chi connectivity index (χ1) is 15.8. The molecule has 0 radical (unpaired) electrons. The smallest absolute Gasteiger partial charge is 0.259 e. The Kier molecular flexibility index (Phi) is 6.94. The number of fused-ring (bicyclic) bond motifs is 1. The third-order valence-electron chi connectivity index (χ3n) is 5.42. The van der Waals surface area contributed by atoms with Crippen molar-refractivity contribution >= 4 is 39.2 Å². The van der Waals surface area contributed by atoms with Crippen molar-refractivity contribution in [2.75, 3.05) is 0 Å². The maximum Gasteiger partial charge on any atom is 0.259 e. The fourth-order valence-corrected chi connectivity index (χ4v) is 5.24. The molecule has 1 unspecified atom stereocenters. The number of aryl methyl sites for hydroxylation is 2. The lowest BCUT2D eigenvalue weighted by Crippen LogP contribution is -2.30. The second-order valence-corrected chi connectivity index (χ2v) is 10.3. The lowest BCUT2D eigenvalue weighted by Gasteiger charge is -2.13. The minimum Gasteiger partial charge on any atom is -0.351 e. The fourth-order valence-electron chi connectivity index (χ4n) is 3.42. The van der Waals surface area contributed by atoms with Gasteiger partial charge in [-0.05, 0) is 44.0 Å². The van der Waals surface area contributed by atoms with E-state index in [1.807, 2.05) is 20.8 Å². The Morgan fingerprint density at radius 3 is 2.94 bits per heavy atom. The molecule has 172 valence electrons. The zero-order chi connectivity index (χ0) is 23.5. The van der Waals surface area contributed by atoms with Gasteiger partial charge < -0.3 is 14.9 Å². The summed E-state index contributed by atoms with van der Waals surface area (Å²) < 4.78 is 15.9. The molecule has 4 rings (SSSR count).